The van der Waals surface area contributed by atoms with E-state index in [0.717, 1.165) is 11.1 Å². The number of esters is 1. The topological polar surface area (TPSA) is 156 Å². The Morgan fingerprint density at radius 1 is 1.24 bits per heavy atom. The number of likely N-dealkylation sites (N-methyl/N-ethyl adjacent to an activating group) is 1. The number of benzene rings is 1. The van der Waals surface area contributed by atoms with Crippen LogP contribution >= 0.6 is 33.2 Å². The van der Waals surface area contributed by atoms with Crippen molar-refractivity contribution in [3.05, 3.63) is 46.5 Å². The highest BCUT2D eigenvalue weighted by Crippen LogP contribution is 2.49. The average molecular weight is 768 g/mol. The smallest absolute Gasteiger partial charge is 0.409 e. The SMILES string of the molecule is COc1cc2cc(c1Cl)N1C[C@H](N(C)C(=O)CCSSC)C(=O)O[C@@H](CC1=O)[C@@]1(C)OC1[C@H](C)[C@@H]1C[C@@](O)(NC(=O)O1)[C@H](OC)C=CC=C(C)C2. The number of methoxy groups -OCH3 is 2. The van der Waals surface area contributed by atoms with Gasteiger partial charge in [-0.2, -0.15) is 0 Å². The number of halogens is 1. The van der Waals surface area contributed by atoms with Gasteiger partial charge in [-0.25, -0.2) is 9.59 Å². The van der Waals surface area contributed by atoms with Crippen LogP contribution in [-0.2, 0) is 39.8 Å². The standard InChI is InChI=1S/C35H46ClN3O10S2/c1-19-9-8-10-26(46-6)35(44)17-25(47-33(43)37-35)20(2)31-34(3,49-31)27-16-29(41)39(22-14-21(13-19)15-24(45-5)30(22)36)18-23(32(42)48-27)38(4)28(40)11-12-51-50-7/h8-10,14-15,20,23,25-27,31,44H,11-13,16-18H2,1-7H3,(H,37,43)/t20-,23+,25+,26-,27+,31?,34-,35+/m1/s1. The quantitative estimate of drug-likeness (QED) is 0.176. The first-order valence-electron chi connectivity index (χ1n) is 16.7. The summed E-state index contributed by atoms with van der Waals surface area (Å²) >= 11 is 6.90. The molecule has 280 valence electrons. The van der Waals surface area contributed by atoms with Gasteiger partial charge in [-0.3, -0.25) is 14.9 Å². The second-order valence-corrected chi connectivity index (χ2v) is 16.6. The number of ether oxygens (including phenoxy) is 5. The number of hydrogen-bond donors (Lipinski definition) is 2. The number of hydrogen-bond acceptors (Lipinski definition) is 12. The molecule has 16 heteroatoms. The molecular weight excluding hydrogens is 722 g/mol. The van der Waals surface area contributed by atoms with Crippen molar-refractivity contribution in [3.63, 3.8) is 0 Å². The number of anilines is 1. The van der Waals surface area contributed by atoms with E-state index in [-0.39, 0.29) is 36.7 Å². The Morgan fingerprint density at radius 2 is 1.98 bits per heavy atom. The Hall–Kier alpha value is -2.95. The first-order valence-corrected chi connectivity index (χ1v) is 19.8. The van der Waals surface area contributed by atoms with Crippen LogP contribution in [0.4, 0.5) is 10.5 Å². The molecule has 0 spiro atoms. The van der Waals surface area contributed by atoms with Crippen LogP contribution in [0.3, 0.4) is 0 Å². The molecule has 1 aromatic rings. The minimum absolute atomic E-state index is 0.0352. The van der Waals surface area contributed by atoms with Gasteiger partial charge in [-0.1, -0.05) is 63.9 Å². The fourth-order valence-electron chi connectivity index (χ4n) is 7.04. The van der Waals surface area contributed by atoms with Gasteiger partial charge < -0.3 is 38.6 Å². The normalized spacial score (nSPS) is 32.5. The molecule has 6 bridgehead atoms. The highest BCUT2D eigenvalue weighted by molar-refractivity contribution is 8.76. The van der Waals surface area contributed by atoms with Crippen LogP contribution in [0, 0.1) is 5.92 Å². The van der Waals surface area contributed by atoms with E-state index in [0.29, 0.717) is 23.6 Å². The summed E-state index contributed by atoms with van der Waals surface area (Å²) in [5.41, 5.74) is -0.976. The zero-order chi connectivity index (χ0) is 37.2. The summed E-state index contributed by atoms with van der Waals surface area (Å²) in [5.74, 6) is -1.02. The molecule has 4 aliphatic rings. The Bertz CT molecular complexity index is 1590. The molecule has 0 radical (unpaired) electrons. The minimum atomic E-state index is -1.81. The van der Waals surface area contributed by atoms with Gasteiger partial charge in [-0.15, -0.1) is 0 Å². The zero-order valence-electron chi connectivity index (χ0n) is 29.8. The molecule has 3 amide bonds. The van der Waals surface area contributed by atoms with Crippen molar-refractivity contribution >= 4 is 62.8 Å². The highest BCUT2D eigenvalue weighted by Gasteiger charge is 2.65. The lowest BCUT2D eigenvalue weighted by molar-refractivity contribution is -0.163. The van der Waals surface area contributed by atoms with E-state index < -0.39 is 65.7 Å². The second-order valence-electron chi connectivity index (χ2n) is 13.5. The molecule has 51 heavy (non-hydrogen) atoms. The molecule has 1 aromatic carbocycles. The summed E-state index contributed by atoms with van der Waals surface area (Å²) in [4.78, 5) is 57.4. The number of aliphatic hydroxyl groups is 1. The maximum atomic E-state index is 14.4. The average Bonchev–Trinajstić information content (AvgIpc) is 3.77. The van der Waals surface area contributed by atoms with Crippen LogP contribution in [0.1, 0.15) is 45.6 Å². The molecule has 2 N–H and O–H groups in total. The summed E-state index contributed by atoms with van der Waals surface area (Å²) in [6.07, 6.45) is 3.21. The third kappa shape index (κ3) is 8.33. The maximum Gasteiger partial charge on any atom is 0.409 e. The molecule has 8 atom stereocenters. The van der Waals surface area contributed by atoms with E-state index >= 15 is 0 Å². The number of amides is 3. The number of carbonyl (C=O) groups excluding carboxylic acids is 4. The largest absolute Gasteiger partial charge is 0.495 e. The van der Waals surface area contributed by atoms with E-state index in [2.05, 4.69) is 5.32 Å². The number of rotatable bonds is 7. The molecule has 4 aliphatic heterocycles. The van der Waals surface area contributed by atoms with Gasteiger partial charge in [-0.05, 0) is 44.2 Å². The molecule has 5 rings (SSSR count). The van der Waals surface area contributed by atoms with E-state index in [4.69, 9.17) is 35.3 Å². The van der Waals surface area contributed by atoms with Gasteiger partial charge in [0, 0.05) is 38.7 Å². The predicted octanol–water partition coefficient (Wildman–Crippen LogP) is 4.28. The summed E-state index contributed by atoms with van der Waals surface area (Å²) < 4.78 is 29.2. The molecule has 13 nitrogen and oxygen atoms in total. The van der Waals surface area contributed by atoms with Crippen molar-refractivity contribution in [2.24, 2.45) is 5.92 Å². The number of carbonyl (C=O) groups is 4. The third-order valence-electron chi connectivity index (χ3n) is 10.1. The third-order valence-corrected chi connectivity index (χ3v) is 12.3. The Balaban J connectivity index is 1.62. The number of epoxide rings is 1. The van der Waals surface area contributed by atoms with Gasteiger partial charge in [0.15, 0.2) is 5.72 Å². The summed E-state index contributed by atoms with van der Waals surface area (Å²) in [7, 11) is 7.51. The maximum absolute atomic E-state index is 14.4. The van der Waals surface area contributed by atoms with Crippen molar-refractivity contribution < 1.29 is 48.0 Å². The van der Waals surface area contributed by atoms with Crippen LogP contribution in [0.25, 0.3) is 0 Å². The number of allylic oxidation sites excluding steroid dienone is 3. The lowest BCUT2D eigenvalue weighted by atomic mass is 9.83. The lowest BCUT2D eigenvalue weighted by Crippen LogP contribution is -2.63. The van der Waals surface area contributed by atoms with Gasteiger partial charge >= 0.3 is 12.1 Å². The summed E-state index contributed by atoms with van der Waals surface area (Å²) in [6.45, 7) is 5.26. The predicted molar refractivity (Wildman–Crippen MR) is 195 cm³/mol. The van der Waals surface area contributed by atoms with Crippen LogP contribution in [0.5, 0.6) is 5.75 Å². The number of fused-ring (bicyclic) bond motifs is 10. The van der Waals surface area contributed by atoms with E-state index in [1.807, 2.05) is 26.2 Å². The number of alkyl carbamates (subject to hydrolysis) is 1. The number of nitrogens with zero attached hydrogens (tertiary/aromatic N) is 2. The molecule has 3 fully saturated rings. The fraction of sp³-hybridized carbons (Fsp3) is 0.600. The van der Waals surface area contributed by atoms with Crippen molar-refractivity contribution in [3.8, 4) is 5.75 Å². The Kier molecular flexibility index (Phi) is 12.3. The molecule has 3 saturated heterocycles. The summed E-state index contributed by atoms with van der Waals surface area (Å²) in [6, 6.07) is 2.39. The van der Waals surface area contributed by atoms with Crippen molar-refractivity contribution in [1.82, 2.24) is 10.2 Å². The van der Waals surface area contributed by atoms with Gasteiger partial charge in [0.1, 0.15) is 40.7 Å². The lowest BCUT2D eigenvalue weighted by Gasteiger charge is -2.42. The Labute approximate surface area is 311 Å². The van der Waals surface area contributed by atoms with Crippen LogP contribution in [0.2, 0.25) is 5.02 Å². The summed E-state index contributed by atoms with van der Waals surface area (Å²) in [5, 5.41) is 14.4. The molecular formula is C35H46ClN3O10S2. The van der Waals surface area contributed by atoms with Crippen LogP contribution in [-0.4, -0.2) is 115 Å². The van der Waals surface area contributed by atoms with Crippen molar-refractivity contribution in [1.29, 1.82) is 0 Å². The molecule has 4 heterocycles. The van der Waals surface area contributed by atoms with E-state index in [1.54, 1.807) is 31.2 Å². The van der Waals surface area contributed by atoms with E-state index in [1.165, 1.54) is 52.7 Å². The monoisotopic (exact) mass is 767 g/mol. The molecule has 0 aromatic heterocycles. The first kappa shape index (κ1) is 39.3. The molecule has 0 aliphatic carbocycles. The van der Waals surface area contributed by atoms with Crippen molar-refractivity contribution in [2.45, 2.75) is 88.2 Å². The van der Waals surface area contributed by atoms with Gasteiger partial charge in [0.2, 0.25) is 11.8 Å². The molecule has 0 saturated carbocycles. The minimum Gasteiger partial charge on any atom is -0.495 e. The van der Waals surface area contributed by atoms with Crippen LogP contribution in [0.15, 0.2) is 35.9 Å². The van der Waals surface area contributed by atoms with Crippen LogP contribution < -0.4 is 15.0 Å². The second kappa shape index (κ2) is 16.0. The van der Waals surface area contributed by atoms with Crippen molar-refractivity contribution in [2.75, 3.05) is 44.7 Å². The fourth-order valence-corrected chi connectivity index (χ4v) is 8.50. The molecule has 1 unspecified atom stereocenters. The zero-order valence-corrected chi connectivity index (χ0v) is 32.2. The first-order chi connectivity index (χ1) is 24.1. The van der Waals surface area contributed by atoms with Gasteiger partial charge in [0.05, 0.1) is 31.9 Å². The Morgan fingerprint density at radius 3 is 2.67 bits per heavy atom. The number of nitrogens with one attached hydrogen (secondary N) is 1. The van der Waals surface area contributed by atoms with E-state index in [9.17, 15) is 24.3 Å². The van der Waals surface area contributed by atoms with Gasteiger partial charge in [0.25, 0.3) is 0 Å². The highest BCUT2D eigenvalue weighted by atomic mass is 35.5.